The first-order valence-corrected chi connectivity index (χ1v) is 13.7. The van der Waals surface area contributed by atoms with Crippen LogP contribution in [0, 0.1) is 11.8 Å². The van der Waals surface area contributed by atoms with Gasteiger partial charge in [0.2, 0.25) is 17.6 Å². The molecule has 0 unspecified atom stereocenters. The quantitative estimate of drug-likeness (QED) is 0.212. The van der Waals surface area contributed by atoms with E-state index in [0.29, 0.717) is 21.8 Å². The van der Waals surface area contributed by atoms with Gasteiger partial charge >= 0.3 is 5.97 Å². The second kappa shape index (κ2) is 11.8. The van der Waals surface area contributed by atoms with Crippen LogP contribution in [-0.4, -0.2) is 57.7 Å². The number of Topliss-reactive ketones (excluding diaryl/α,β-unsaturated/α-hetero) is 1. The molecule has 2 aromatic carbocycles. The summed E-state index contributed by atoms with van der Waals surface area (Å²) in [7, 11) is 0. The van der Waals surface area contributed by atoms with Crippen LogP contribution in [0.25, 0.3) is 0 Å². The number of likely N-dealkylation sites (tertiary alicyclic amines) is 1. The Morgan fingerprint density at radius 2 is 1.70 bits per heavy atom. The summed E-state index contributed by atoms with van der Waals surface area (Å²) in [5.74, 6) is -0.700. The summed E-state index contributed by atoms with van der Waals surface area (Å²) < 4.78 is 5.77. The standard InChI is InChI=1S/C27H27ClN2O5S2/c1-16-11-17(2)14-29(13-16)27(36)37-23-12-24(32)30(25(23)33)19-9-7-18(8-10-19)26(34)35-15-22(31)20-5-3-4-6-21(20)28/h3-10,16-17,23H,11-15H2,1-2H3/t16-,17-,23+/m1/s1. The van der Waals surface area contributed by atoms with Gasteiger partial charge in [0.05, 0.1) is 16.3 Å². The summed E-state index contributed by atoms with van der Waals surface area (Å²) >= 11 is 12.9. The Morgan fingerprint density at radius 1 is 1.05 bits per heavy atom. The van der Waals surface area contributed by atoms with Crippen molar-refractivity contribution in [3.63, 3.8) is 0 Å². The SMILES string of the molecule is C[C@@H]1C[C@@H](C)CN(C(=S)S[C@H]2CC(=O)N(c3ccc(C(=O)OCC(=O)c4ccccc4Cl)cc3)C2=O)C1. The number of esters is 1. The van der Waals surface area contributed by atoms with Gasteiger partial charge < -0.3 is 9.64 Å². The number of imide groups is 1. The van der Waals surface area contributed by atoms with Crippen LogP contribution < -0.4 is 4.90 Å². The van der Waals surface area contributed by atoms with E-state index < -0.39 is 23.6 Å². The third kappa shape index (κ3) is 6.40. The summed E-state index contributed by atoms with van der Waals surface area (Å²) in [6.07, 6.45) is 1.22. The maximum absolute atomic E-state index is 13.1. The Kier molecular flexibility index (Phi) is 8.67. The molecule has 2 saturated heterocycles. The maximum Gasteiger partial charge on any atom is 0.338 e. The lowest BCUT2D eigenvalue weighted by Gasteiger charge is -2.36. The van der Waals surface area contributed by atoms with Gasteiger partial charge in [0.1, 0.15) is 9.57 Å². The van der Waals surface area contributed by atoms with Crippen LogP contribution in [0.15, 0.2) is 48.5 Å². The van der Waals surface area contributed by atoms with E-state index in [1.165, 1.54) is 36.0 Å². The minimum absolute atomic E-state index is 0.0660. The number of hydrogen-bond acceptors (Lipinski definition) is 7. The number of carbonyl (C=O) groups is 4. The van der Waals surface area contributed by atoms with Gasteiger partial charge in [0.15, 0.2) is 6.61 Å². The number of halogens is 1. The van der Waals surface area contributed by atoms with Crippen molar-refractivity contribution < 1.29 is 23.9 Å². The molecule has 2 fully saturated rings. The van der Waals surface area contributed by atoms with Gasteiger partial charge in [-0.15, -0.1) is 0 Å². The number of thioether (sulfide) groups is 1. The van der Waals surface area contributed by atoms with E-state index in [1.807, 2.05) is 0 Å². The number of ether oxygens (including phenoxy) is 1. The molecule has 7 nitrogen and oxygen atoms in total. The Labute approximate surface area is 230 Å². The molecule has 3 atom stereocenters. The third-order valence-corrected chi connectivity index (χ3v) is 8.33. The first-order valence-electron chi connectivity index (χ1n) is 12.0. The number of carbonyl (C=O) groups excluding carboxylic acids is 4. The summed E-state index contributed by atoms with van der Waals surface area (Å²) in [6, 6.07) is 12.5. The minimum atomic E-state index is -0.699. The number of anilines is 1. The van der Waals surface area contributed by atoms with E-state index in [-0.39, 0.29) is 34.4 Å². The van der Waals surface area contributed by atoms with Crippen LogP contribution in [0.1, 0.15) is 47.4 Å². The molecular formula is C27H27ClN2O5S2. The van der Waals surface area contributed by atoms with Gasteiger partial charge in [-0.2, -0.15) is 0 Å². The van der Waals surface area contributed by atoms with E-state index >= 15 is 0 Å². The maximum atomic E-state index is 13.1. The fraction of sp³-hybridized carbons (Fsp3) is 0.370. The van der Waals surface area contributed by atoms with E-state index in [9.17, 15) is 19.2 Å². The normalized spacial score (nSPS) is 21.8. The number of piperidine rings is 1. The zero-order valence-corrected chi connectivity index (χ0v) is 22.9. The topological polar surface area (TPSA) is 84.0 Å². The molecule has 37 heavy (non-hydrogen) atoms. The van der Waals surface area contributed by atoms with Crippen molar-refractivity contribution in [1.29, 1.82) is 0 Å². The first kappa shape index (κ1) is 27.3. The van der Waals surface area contributed by atoms with Crippen molar-refractivity contribution >= 4 is 69.2 Å². The van der Waals surface area contributed by atoms with E-state index in [1.54, 1.807) is 24.3 Å². The predicted molar refractivity (Wildman–Crippen MR) is 148 cm³/mol. The molecule has 0 radical (unpaired) electrons. The molecule has 0 aliphatic carbocycles. The molecule has 2 aliphatic rings. The highest BCUT2D eigenvalue weighted by Crippen LogP contribution is 2.33. The highest BCUT2D eigenvalue weighted by atomic mass is 35.5. The van der Waals surface area contributed by atoms with Crippen molar-refractivity contribution in [3.8, 4) is 0 Å². The van der Waals surface area contributed by atoms with Gasteiger partial charge in [-0.25, -0.2) is 9.69 Å². The number of nitrogens with zero attached hydrogens (tertiary/aromatic N) is 2. The van der Waals surface area contributed by atoms with Crippen molar-refractivity contribution in [3.05, 3.63) is 64.7 Å². The van der Waals surface area contributed by atoms with Crippen LogP contribution in [-0.2, 0) is 14.3 Å². The number of thiocarbonyl (C=S) groups is 1. The highest BCUT2D eigenvalue weighted by Gasteiger charge is 2.41. The zero-order valence-electron chi connectivity index (χ0n) is 20.5. The summed E-state index contributed by atoms with van der Waals surface area (Å²) in [4.78, 5) is 53.8. The lowest BCUT2D eigenvalue weighted by Crippen LogP contribution is -2.41. The predicted octanol–water partition coefficient (Wildman–Crippen LogP) is 5.01. The summed E-state index contributed by atoms with van der Waals surface area (Å²) in [6.45, 7) is 5.64. The Balaban J connectivity index is 1.35. The third-order valence-electron chi connectivity index (χ3n) is 6.35. The van der Waals surface area contributed by atoms with Crippen LogP contribution in [0.4, 0.5) is 5.69 Å². The second-order valence-electron chi connectivity index (χ2n) is 9.52. The molecule has 2 heterocycles. The molecule has 0 aromatic heterocycles. The molecule has 0 saturated carbocycles. The molecule has 2 amide bonds. The fourth-order valence-electron chi connectivity index (χ4n) is 4.70. The van der Waals surface area contributed by atoms with Gasteiger partial charge in [-0.3, -0.25) is 14.4 Å². The van der Waals surface area contributed by atoms with Gasteiger partial charge in [-0.05, 0) is 54.7 Å². The monoisotopic (exact) mass is 558 g/mol. The van der Waals surface area contributed by atoms with Crippen molar-refractivity contribution in [1.82, 2.24) is 4.90 Å². The molecule has 0 bridgehead atoms. The second-order valence-corrected chi connectivity index (χ2v) is 11.8. The lowest BCUT2D eigenvalue weighted by molar-refractivity contribution is -0.121. The summed E-state index contributed by atoms with van der Waals surface area (Å²) in [5, 5.41) is -0.293. The molecular weight excluding hydrogens is 532 g/mol. The number of amides is 2. The average molecular weight is 559 g/mol. The van der Waals surface area contributed by atoms with Crippen molar-refractivity contribution in [2.75, 3.05) is 24.6 Å². The van der Waals surface area contributed by atoms with Gasteiger partial charge in [-0.1, -0.05) is 61.6 Å². The van der Waals surface area contributed by atoms with Crippen molar-refractivity contribution in [2.24, 2.45) is 11.8 Å². The number of rotatable bonds is 6. The Bertz CT molecular complexity index is 1230. The largest absolute Gasteiger partial charge is 0.454 e. The molecule has 0 spiro atoms. The molecule has 10 heteroatoms. The minimum Gasteiger partial charge on any atom is -0.454 e. The lowest BCUT2D eigenvalue weighted by atomic mass is 9.92. The number of benzene rings is 2. The fourth-order valence-corrected chi connectivity index (χ4v) is 6.41. The van der Waals surface area contributed by atoms with E-state index in [2.05, 4.69) is 18.7 Å². The van der Waals surface area contributed by atoms with E-state index in [4.69, 9.17) is 28.6 Å². The number of ketones is 1. The summed E-state index contributed by atoms with van der Waals surface area (Å²) in [5.41, 5.74) is 0.831. The van der Waals surface area contributed by atoms with Crippen LogP contribution in [0.2, 0.25) is 5.02 Å². The van der Waals surface area contributed by atoms with Crippen molar-refractivity contribution in [2.45, 2.75) is 31.9 Å². The molecule has 0 N–H and O–H groups in total. The smallest absolute Gasteiger partial charge is 0.338 e. The molecule has 194 valence electrons. The Hall–Kier alpha value is -2.75. The zero-order chi connectivity index (χ0) is 26.7. The van der Waals surface area contributed by atoms with Gasteiger partial charge in [0, 0.05) is 25.1 Å². The molecule has 4 rings (SSSR count). The number of hydrogen-bond donors (Lipinski definition) is 0. The van der Waals surface area contributed by atoms with E-state index in [0.717, 1.165) is 24.4 Å². The highest BCUT2D eigenvalue weighted by molar-refractivity contribution is 8.23. The van der Waals surface area contributed by atoms with Crippen LogP contribution in [0.5, 0.6) is 0 Å². The average Bonchev–Trinajstić information content (AvgIpc) is 3.14. The van der Waals surface area contributed by atoms with Crippen LogP contribution >= 0.6 is 35.6 Å². The first-order chi connectivity index (χ1) is 17.6. The molecule has 2 aliphatic heterocycles. The van der Waals surface area contributed by atoms with Gasteiger partial charge in [0.25, 0.3) is 0 Å². The Morgan fingerprint density at radius 3 is 2.35 bits per heavy atom. The molecule has 2 aromatic rings. The van der Waals surface area contributed by atoms with Crippen LogP contribution in [0.3, 0.4) is 0 Å².